The molecule has 136 valence electrons. The number of hydrogen-bond acceptors (Lipinski definition) is 4. The summed E-state index contributed by atoms with van der Waals surface area (Å²) in [7, 11) is 1.66. The van der Waals surface area contributed by atoms with Crippen molar-refractivity contribution < 1.29 is 19.1 Å². The van der Waals surface area contributed by atoms with Gasteiger partial charge in [-0.3, -0.25) is 9.59 Å². The number of nitrogens with zero attached hydrogens (tertiary/aromatic N) is 1. The minimum atomic E-state index is -0.791. The van der Waals surface area contributed by atoms with E-state index in [4.69, 9.17) is 32.7 Å². The van der Waals surface area contributed by atoms with Crippen molar-refractivity contribution in [2.45, 2.75) is 13.0 Å². The Morgan fingerprint density at radius 3 is 2.77 bits per heavy atom. The average molecular weight is 395 g/mol. The van der Waals surface area contributed by atoms with Crippen LogP contribution in [0.3, 0.4) is 0 Å². The van der Waals surface area contributed by atoms with E-state index in [9.17, 15) is 9.59 Å². The van der Waals surface area contributed by atoms with E-state index >= 15 is 0 Å². The van der Waals surface area contributed by atoms with Crippen molar-refractivity contribution in [3.05, 3.63) is 46.4 Å². The average Bonchev–Trinajstić information content (AvgIpc) is 2.61. The second-order valence-electron chi connectivity index (χ2n) is 5.75. The van der Waals surface area contributed by atoms with Crippen molar-refractivity contribution in [1.29, 1.82) is 0 Å². The summed E-state index contributed by atoms with van der Waals surface area (Å²) in [5.41, 5.74) is 1.12. The lowest BCUT2D eigenvalue weighted by molar-refractivity contribution is -0.122. The highest BCUT2D eigenvalue weighted by molar-refractivity contribution is 6.35. The maximum absolute atomic E-state index is 12.4. The molecular formula is C18H16Cl2N2O4. The zero-order valence-electron chi connectivity index (χ0n) is 14.1. The number of benzene rings is 2. The fourth-order valence-electron chi connectivity index (χ4n) is 2.41. The van der Waals surface area contributed by atoms with Crippen molar-refractivity contribution in [3.63, 3.8) is 0 Å². The third kappa shape index (κ3) is 3.86. The first kappa shape index (κ1) is 18.4. The second kappa shape index (κ2) is 7.43. The predicted octanol–water partition coefficient (Wildman–Crippen LogP) is 3.75. The van der Waals surface area contributed by atoms with Crippen LogP contribution in [0.2, 0.25) is 10.0 Å². The van der Waals surface area contributed by atoms with Crippen molar-refractivity contribution in [3.8, 4) is 11.5 Å². The summed E-state index contributed by atoms with van der Waals surface area (Å²) in [6.07, 6.45) is -0.791. The summed E-state index contributed by atoms with van der Waals surface area (Å²) < 4.78 is 11.0. The van der Waals surface area contributed by atoms with Gasteiger partial charge >= 0.3 is 0 Å². The van der Waals surface area contributed by atoms with E-state index in [-0.39, 0.29) is 18.4 Å². The number of anilines is 2. The standard InChI is InChI=1S/C18H16Cl2N2O4/c1-10(26-15-5-3-11(19)7-13(15)20)18(24)21-12-4-6-16-14(8-12)22(2)17(23)9-25-16/h3-8,10H,9H2,1-2H3,(H,21,24). The summed E-state index contributed by atoms with van der Waals surface area (Å²) in [5.74, 6) is 0.432. The summed E-state index contributed by atoms with van der Waals surface area (Å²) >= 11 is 11.9. The molecule has 0 aromatic heterocycles. The minimum Gasteiger partial charge on any atom is -0.482 e. The first-order chi connectivity index (χ1) is 12.3. The molecule has 6 nitrogen and oxygen atoms in total. The second-order valence-corrected chi connectivity index (χ2v) is 6.59. The third-order valence-corrected chi connectivity index (χ3v) is 4.41. The number of carbonyl (C=O) groups is 2. The Bertz CT molecular complexity index is 872. The van der Waals surface area contributed by atoms with Gasteiger partial charge in [0, 0.05) is 17.8 Å². The van der Waals surface area contributed by atoms with E-state index in [0.29, 0.717) is 32.9 Å². The maximum atomic E-state index is 12.4. The highest BCUT2D eigenvalue weighted by Gasteiger charge is 2.23. The van der Waals surface area contributed by atoms with E-state index in [1.54, 1.807) is 50.4 Å². The van der Waals surface area contributed by atoms with Crippen molar-refractivity contribution >= 4 is 46.4 Å². The van der Waals surface area contributed by atoms with Gasteiger partial charge in [-0.25, -0.2) is 0 Å². The Kier molecular flexibility index (Phi) is 5.25. The van der Waals surface area contributed by atoms with Gasteiger partial charge in [0.05, 0.1) is 10.7 Å². The van der Waals surface area contributed by atoms with Gasteiger partial charge in [0.25, 0.3) is 11.8 Å². The number of likely N-dealkylation sites (N-methyl/N-ethyl adjacent to an activating group) is 1. The smallest absolute Gasteiger partial charge is 0.265 e. The SMILES string of the molecule is CC(Oc1ccc(Cl)cc1Cl)C(=O)Nc1ccc2c(c1)N(C)C(=O)CO2. The molecule has 2 aromatic carbocycles. The molecule has 3 rings (SSSR count). The van der Waals surface area contributed by atoms with Crippen LogP contribution >= 0.6 is 23.2 Å². The first-order valence-electron chi connectivity index (χ1n) is 7.81. The number of rotatable bonds is 4. The lowest BCUT2D eigenvalue weighted by atomic mass is 10.2. The van der Waals surface area contributed by atoms with Crippen LogP contribution in [0.5, 0.6) is 11.5 Å². The Hall–Kier alpha value is -2.44. The monoisotopic (exact) mass is 394 g/mol. The van der Waals surface area contributed by atoms with Gasteiger partial charge in [0.1, 0.15) is 11.5 Å². The third-order valence-electron chi connectivity index (χ3n) is 3.88. The summed E-state index contributed by atoms with van der Waals surface area (Å²) in [4.78, 5) is 25.6. The molecule has 0 aliphatic carbocycles. The van der Waals surface area contributed by atoms with Gasteiger partial charge in [0.15, 0.2) is 12.7 Å². The van der Waals surface area contributed by atoms with Crippen LogP contribution in [0.1, 0.15) is 6.92 Å². The number of carbonyl (C=O) groups excluding carboxylic acids is 2. The highest BCUT2D eigenvalue weighted by Crippen LogP contribution is 2.34. The molecule has 2 aromatic rings. The molecule has 1 unspecified atom stereocenters. The van der Waals surface area contributed by atoms with Crippen molar-refractivity contribution in [2.75, 3.05) is 23.9 Å². The Balaban J connectivity index is 1.70. The number of nitrogens with one attached hydrogen (secondary N) is 1. The zero-order chi connectivity index (χ0) is 18.8. The molecule has 1 N–H and O–H groups in total. The quantitative estimate of drug-likeness (QED) is 0.856. The van der Waals surface area contributed by atoms with E-state index in [0.717, 1.165) is 0 Å². The molecule has 1 aliphatic heterocycles. The minimum absolute atomic E-state index is 0.00192. The van der Waals surface area contributed by atoms with Crippen molar-refractivity contribution in [1.82, 2.24) is 0 Å². The van der Waals surface area contributed by atoms with Gasteiger partial charge in [-0.2, -0.15) is 0 Å². The summed E-state index contributed by atoms with van der Waals surface area (Å²) in [6, 6.07) is 9.85. The molecule has 1 heterocycles. The molecule has 8 heteroatoms. The number of halogens is 2. The number of ether oxygens (including phenoxy) is 2. The van der Waals surface area contributed by atoms with E-state index in [2.05, 4.69) is 5.32 Å². The number of amides is 2. The van der Waals surface area contributed by atoms with E-state index in [1.807, 2.05) is 0 Å². The maximum Gasteiger partial charge on any atom is 0.265 e. The van der Waals surface area contributed by atoms with Gasteiger partial charge in [0.2, 0.25) is 0 Å². The number of hydrogen-bond donors (Lipinski definition) is 1. The topological polar surface area (TPSA) is 67.9 Å². The van der Waals surface area contributed by atoms with Crippen LogP contribution < -0.4 is 19.7 Å². The molecule has 1 atom stereocenters. The molecule has 0 radical (unpaired) electrons. The zero-order valence-corrected chi connectivity index (χ0v) is 15.6. The summed E-state index contributed by atoms with van der Waals surface area (Å²) in [6.45, 7) is 1.61. The van der Waals surface area contributed by atoms with E-state index < -0.39 is 6.10 Å². The largest absolute Gasteiger partial charge is 0.482 e. The molecule has 0 saturated carbocycles. The normalized spacial score (nSPS) is 14.3. The van der Waals surface area contributed by atoms with Crippen LogP contribution in [0.25, 0.3) is 0 Å². The van der Waals surface area contributed by atoms with Crippen LogP contribution in [-0.2, 0) is 9.59 Å². The van der Waals surface area contributed by atoms with Gasteiger partial charge in [-0.15, -0.1) is 0 Å². The van der Waals surface area contributed by atoms with Crippen LogP contribution in [0, 0.1) is 0 Å². The molecule has 0 fully saturated rings. The van der Waals surface area contributed by atoms with Crippen molar-refractivity contribution in [2.24, 2.45) is 0 Å². The molecule has 0 bridgehead atoms. The van der Waals surface area contributed by atoms with Crippen LogP contribution in [0.4, 0.5) is 11.4 Å². The highest BCUT2D eigenvalue weighted by atomic mass is 35.5. The lowest BCUT2D eigenvalue weighted by Crippen LogP contribution is -2.35. The molecule has 1 aliphatic rings. The first-order valence-corrected chi connectivity index (χ1v) is 8.56. The van der Waals surface area contributed by atoms with E-state index in [1.165, 1.54) is 4.90 Å². The molecular weight excluding hydrogens is 379 g/mol. The Morgan fingerprint density at radius 2 is 2.04 bits per heavy atom. The van der Waals surface area contributed by atoms with Crippen LogP contribution in [-0.4, -0.2) is 31.6 Å². The van der Waals surface area contributed by atoms with Gasteiger partial charge < -0.3 is 19.7 Å². The lowest BCUT2D eigenvalue weighted by Gasteiger charge is -2.26. The van der Waals surface area contributed by atoms with Gasteiger partial charge in [-0.05, 0) is 43.3 Å². The predicted molar refractivity (Wildman–Crippen MR) is 101 cm³/mol. The summed E-state index contributed by atoms with van der Waals surface area (Å²) in [5, 5.41) is 3.56. The molecule has 26 heavy (non-hydrogen) atoms. The van der Waals surface area contributed by atoms with Gasteiger partial charge in [-0.1, -0.05) is 23.2 Å². The molecule has 0 saturated heterocycles. The molecule has 2 amide bonds. The molecule has 0 spiro atoms. The fraction of sp³-hybridized carbons (Fsp3) is 0.222. The Morgan fingerprint density at radius 1 is 1.27 bits per heavy atom. The van der Waals surface area contributed by atoms with Crippen LogP contribution in [0.15, 0.2) is 36.4 Å². The fourth-order valence-corrected chi connectivity index (χ4v) is 2.86. The Labute approximate surface area is 160 Å². The number of fused-ring (bicyclic) bond motifs is 1.